The summed E-state index contributed by atoms with van der Waals surface area (Å²) >= 11 is 1.58. The number of thiophene rings is 1. The predicted octanol–water partition coefficient (Wildman–Crippen LogP) is 4.00. The van der Waals surface area contributed by atoms with Crippen molar-refractivity contribution in [1.82, 2.24) is 0 Å². The molecule has 17 heavy (non-hydrogen) atoms. The van der Waals surface area contributed by atoms with E-state index in [9.17, 15) is 0 Å². The van der Waals surface area contributed by atoms with Crippen LogP contribution < -0.4 is 5.73 Å². The molecule has 88 valence electrons. The topological polar surface area (TPSA) is 49.9 Å². The smallest absolute Gasteiger partial charge is 0.133 e. The minimum Gasteiger partial charge on any atom is -0.383 e. The minimum absolute atomic E-state index is 0.148. The van der Waals surface area contributed by atoms with Crippen molar-refractivity contribution in [2.75, 3.05) is 0 Å². The fourth-order valence-electron chi connectivity index (χ4n) is 1.74. The van der Waals surface area contributed by atoms with Gasteiger partial charge in [0.2, 0.25) is 0 Å². The number of nitrogens with two attached hydrogens (primary N) is 1. The van der Waals surface area contributed by atoms with Crippen LogP contribution in [0.3, 0.4) is 0 Å². The first kappa shape index (κ1) is 11.9. The number of fused-ring (bicyclic) bond motifs is 1. The Morgan fingerprint density at radius 1 is 1.47 bits per heavy atom. The number of nitrogens with one attached hydrogen (secondary N) is 1. The van der Waals surface area contributed by atoms with Crippen LogP contribution in [0.5, 0.6) is 0 Å². The maximum Gasteiger partial charge on any atom is 0.133 e. The van der Waals surface area contributed by atoms with Gasteiger partial charge in [-0.3, -0.25) is 5.41 Å². The molecule has 0 radical (unpaired) electrons. The summed E-state index contributed by atoms with van der Waals surface area (Å²) in [7, 11) is 0. The third-order valence-corrected chi connectivity index (χ3v) is 3.75. The summed E-state index contributed by atoms with van der Waals surface area (Å²) in [5.41, 5.74) is 6.73. The molecule has 1 heterocycles. The number of rotatable bonds is 4. The Bertz CT molecular complexity index is 567. The van der Waals surface area contributed by atoms with Crippen molar-refractivity contribution in [1.29, 1.82) is 5.41 Å². The molecule has 0 aliphatic carbocycles. The van der Waals surface area contributed by atoms with E-state index < -0.39 is 0 Å². The summed E-state index contributed by atoms with van der Waals surface area (Å²) in [5.74, 6) is 0.148. The van der Waals surface area contributed by atoms with Crippen molar-refractivity contribution in [2.24, 2.45) is 5.73 Å². The average Bonchev–Trinajstić information content (AvgIpc) is 2.74. The second kappa shape index (κ2) is 5.15. The van der Waals surface area contributed by atoms with E-state index in [4.69, 9.17) is 11.1 Å². The minimum atomic E-state index is 0.148. The average molecular weight is 244 g/mol. The van der Waals surface area contributed by atoms with Gasteiger partial charge >= 0.3 is 0 Å². The SMILES string of the molecule is CCCC=Cc1cccc2sc(C(=N)N)cc12. The van der Waals surface area contributed by atoms with Gasteiger partial charge in [-0.1, -0.05) is 37.6 Å². The summed E-state index contributed by atoms with van der Waals surface area (Å²) in [6.07, 6.45) is 6.61. The number of allylic oxidation sites excluding steroid dienone is 1. The second-order valence-corrected chi connectivity index (χ2v) is 5.06. The largest absolute Gasteiger partial charge is 0.383 e. The van der Waals surface area contributed by atoms with Gasteiger partial charge in [0, 0.05) is 10.1 Å². The van der Waals surface area contributed by atoms with Crippen molar-refractivity contribution in [3.63, 3.8) is 0 Å². The molecule has 0 amide bonds. The number of hydrogen-bond acceptors (Lipinski definition) is 2. The Morgan fingerprint density at radius 2 is 2.29 bits per heavy atom. The maximum absolute atomic E-state index is 7.48. The lowest BCUT2D eigenvalue weighted by molar-refractivity contribution is 0.962. The van der Waals surface area contributed by atoms with Gasteiger partial charge in [0.1, 0.15) is 5.84 Å². The number of amidine groups is 1. The van der Waals surface area contributed by atoms with Crippen LogP contribution in [0.25, 0.3) is 16.2 Å². The molecule has 2 nitrogen and oxygen atoms in total. The monoisotopic (exact) mass is 244 g/mol. The number of unbranched alkanes of at least 4 members (excludes halogenated alkanes) is 1. The van der Waals surface area contributed by atoms with Crippen LogP contribution in [-0.4, -0.2) is 5.84 Å². The normalized spacial score (nSPS) is 11.4. The van der Waals surface area contributed by atoms with E-state index in [0.717, 1.165) is 17.7 Å². The molecule has 0 unspecified atom stereocenters. The Morgan fingerprint density at radius 3 is 3.00 bits per heavy atom. The highest BCUT2D eigenvalue weighted by molar-refractivity contribution is 7.20. The zero-order valence-electron chi connectivity index (χ0n) is 9.86. The fraction of sp³-hybridized carbons (Fsp3) is 0.214. The predicted molar refractivity (Wildman–Crippen MR) is 76.8 cm³/mol. The van der Waals surface area contributed by atoms with Crippen molar-refractivity contribution in [2.45, 2.75) is 19.8 Å². The molecule has 0 atom stereocenters. The summed E-state index contributed by atoms with van der Waals surface area (Å²) in [4.78, 5) is 0.844. The van der Waals surface area contributed by atoms with Gasteiger partial charge in [0.25, 0.3) is 0 Å². The van der Waals surface area contributed by atoms with Crippen molar-refractivity contribution < 1.29 is 0 Å². The number of nitrogen functional groups attached to an aromatic ring is 1. The van der Waals surface area contributed by atoms with E-state index in [0.29, 0.717) is 0 Å². The van der Waals surface area contributed by atoms with E-state index in [1.165, 1.54) is 15.6 Å². The van der Waals surface area contributed by atoms with Gasteiger partial charge in [-0.15, -0.1) is 11.3 Å². The second-order valence-electron chi connectivity index (χ2n) is 3.97. The van der Waals surface area contributed by atoms with Crippen LogP contribution >= 0.6 is 11.3 Å². The molecule has 0 spiro atoms. The third kappa shape index (κ3) is 2.56. The molecule has 3 N–H and O–H groups in total. The van der Waals surface area contributed by atoms with Gasteiger partial charge < -0.3 is 5.73 Å². The first-order valence-corrected chi connectivity index (χ1v) is 6.57. The Hall–Kier alpha value is -1.61. The highest BCUT2D eigenvalue weighted by atomic mass is 32.1. The van der Waals surface area contributed by atoms with E-state index in [1.54, 1.807) is 11.3 Å². The zero-order valence-corrected chi connectivity index (χ0v) is 10.7. The van der Waals surface area contributed by atoms with E-state index >= 15 is 0 Å². The quantitative estimate of drug-likeness (QED) is 0.620. The first-order chi connectivity index (χ1) is 8.22. The first-order valence-electron chi connectivity index (χ1n) is 5.76. The van der Waals surface area contributed by atoms with E-state index in [-0.39, 0.29) is 5.84 Å². The molecule has 1 aromatic carbocycles. The van der Waals surface area contributed by atoms with E-state index in [1.807, 2.05) is 12.1 Å². The van der Waals surface area contributed by atoms with Crippen LogP contribution in [0.4, 0.5) is 0 Å². The summed E-state index contributed by atoms with van der Waals surface area (Å²) in [5, 5.41) is 8.67. The molecule has 2 aromatic rings. The third-order valence-electron chi connectivity index (χ3n) is 2.61. The van der Waals surface area contributed by atoms with Crippen molar-refractivity contribution in [3.05, 3.63) is 40.8 Å². The molecule has 2 rings (SSSR count). The molecule has 0 aliphatic heterocycles. The van der Waals surface area contributed by atoms with Gasteiger partial charge in [-0.05, 0) is 24.1 Å². The van der Waals surface area contributed by atoms with Crippen LogP contribution in [0.2, 0.25) is 0 Å². The van der Waals surface area contributed by atoms with Crippen LogP contribution in [-0.2, 0) is 0 Å². The lowest BCUT2D eigenvalue weighted by Crippen LogP contribution is -2.08. The molecule has 0 saturated heterocycles. The molecule has 0 fully saturated rings. The number of hydrogen-bond donors (Lipinski definition) is 2. The molecule has 0 aliphatic rings. The Balaban J connectivity index is 2.45. The Labute approximate surface area is 105 Å². The summed E-state index contributed by atoms with van der Waals surface area (Å²) < 4.78 is 1.19. The molecule has 0 saturated carbocycles. The summed E-state index contributed by atoms with van der Waals surface area (Å²) in [6, 6.07) is 8.23. The molecule has 0 bridgehead atoms. The van der Waals surface area contributed by atoms with Crippen LogP contribution in [0.15, 0.2) is 30.3 Å². The molecule has 3 heteroatoms. The number of benzene rings is 1. The fourth-order valence-corrected chi connectivity index (χ4v) is 2.70. The van der Waals surface area contributed by atoms with Crippen molar-refractivity contribution >= 4 is 33.3 Å². The maximum atomic E-state index is 7.48. The highest BCUT2D eigenvalue weighted by Crippen LogP contribution is 2.28. The van der Waals surface area contributed by atoms with Gasteiger partial charge in [-0.2, -0.15) is 0 Å². The summed E-state index contributed by atoms with van der Waals surface area (Å²) in [6.45, 7) is 2.17. The lowest BCUT2D eigenvalue weighted by Gasteiger charge is -1.95. The molecular weight excluding hydrogens is 228 g/mol. The Kier molecular flexibility index (Phi) is 3.59. The molecular formula is C14H16N2S. The van der Waals surface area contributed by atoms with Crippen LogP contribution in [0, 0.1) is 5.41 Å². The standard InChI is InChI=1S/C14H16N2S/c1-2-3-4-6-10-7-5-8-12-11(10)9-13(17-12)14(15)16/h4-9H,2-3H2,1H3,(H3,15,16). The van der Waals surface area contributed by atoms with Gasteiger partial charge in [-0.25, -0.2) is 0 Å². The molecule has 1 aromatic heterocycles. The van der Waals surface area contributed by atoms with Gasteiger partial charge in [0.05, 0.1) is 4.88 Å². The van der Waals surface area contributed by atoms with Gasteiger partial charge in [0.15, 0.2) is 0 Å². The highest BCUT2D eigenvalue weighted by Gasteiger charge is 2.05. The zero-order chi connectivity index (χ0) is 12.3. The lowest BCUT2D eigenvalue weighted by atomic mass is 10.1. The van der Waals surface area contributed by atoms with Crippen molar-refractivity contribution in [3.8, 4) is 0 Å². The van der Waals surface area contributed by atoms with E-state index in [2.05, 4.69) is 31.2 Å². The van der Waals surface area contributed by atoms with Crippen LogP contribution in [0.1, 0.15) is 30.2 Å².